The number of nitrogens with zero attached hydrogens (tertiary/aromatic N) is 2. The Hall–Kier alpha value is -1.30. The van der Waals surface area contributed by atoms with E-state index in [1.807, 2.05) is 19.1 Å². The summed E-state index contributed by atoms with van der Waals surface area (Å²) in [4.78, 5) is 4.67. The fourth-order valence-electron chi connectivity index (χ4n) is 2.88. The molecule has 1 saturated heterocycles. The molecule has 0 aliphatic carbocycles. The van der Waals surface area contributed by atoms with E-state index in [1.165, 1.54) is 5.69 Å². The highest BCUT2D eigenvalue weighted by atomic mass is 16.5. The van der Waals surface area contributed by atoms with Gasteiger partial charge in [-0.1, -0.05) is 19.1 Å². The number of ether oxygens (including phenoxy) is 2. The molecular formula is C18H30N2O3. The number of benzene rings is 1. The minimum atomic E-state index is -0.399. The predicted molar refractivity (Wildman–Crippen MR) is 93.4 cm³/mol. The van der Waals surface area contributed by atoms with Crippen molar-refractivity contribution in [2.75, 3.05) is 57.4 Å². The summed E-state index contributed by atoms with van der Waals surface area (Å²) in [7, 11) is 0. The molecule has 0 bridgehead atoms. The van der Waals surface area contributed by atoms with Crippen LogP contribution >= 0.6 is 0 Å². The van der Waals surface area contributed by atoms with Gasteiger partial charge in [0.05, 0.1) is 25.0 Å². The van der Waals surface area contributed by atoms with Crippen molar-refractivity contribution in [3.63, 3.8) is 0 Å². The average molecular weight is 322 g/mol. The Bertz CT molecular complexity index is 448. The monoisotopic (exact) mass is 322 g/mol. The molecule has 1 aliphatic heterocycles. The van der Waals surface area contributed by atoms with Gasteiger partial charge in [0, 0.05) is 39.3 Å². The van der Waals surface area contributed by atoms with Crippen molar-refractivity contribution in [2.45, 2.75) is 26.4 Å². The predicted octanol–water partition coefficient (Wildman–Crippen LogP) is 1.99. The first-order valence-electron chi connectivity index (χ1n) is 8.69. The zero-order chi connectivity index (χ0) is 16.5. The maximum absolute atomic E-state index is 10.0. The molecule has 0 amide bonds. The van der Waals surface area contributed by atoms with E-state index < -0.39 is 6.10 Å². The van der Waals surface area contributed by atoms with Crippen LogP contribution in [0.15, 0.2) is 24.3 Å². The first kappa shape index (κ1) is 18.0. The van der Waals surface area contributed by atoms with Crippen LogP contribution in [0.4, 0.5) is 5.69 Å². The lowest BCUT2D eigenvalue weighted by Gasteiger charge is -2.37. The zero-order valence-electron chi connectivity index (χ0n) is 14.4. The smallest absolute Gasteiger partial charge is 0.142 e. The van der Waals surface area contributed by atoms with Crippen LogP contribution in [0.1, 0.15) is 20.3 Å². The fraction of sp³-hybridized carbons (Fsp3) is 0.667. The number of rotatable bonds is 9. The summed E-state index contributed by atoms with van der Waals surface area (Å²) >= 11 is 0. The molecule has 130 valence electrons. The van der Waals surface area contributed by atoms with Gasteiger partial charge in [-0.3, -0.25) is 4.90 Å². The number of hydrogen-bond donors (Lipinski definition) is 1. The molecular weight excluding hydrogens is 292 g/mol. The molecule has 1 fully saturated rings. The van der Waals surface area contributed by atoms with Gasteiger partial charge < -0.3 is 19.5 Å². The maximum atomic E-state index is 10.0. The zero-order valence-corrected chi connectivity index (χ0v) is 14.4. The van der Waals surface area contributed by atoms with E-state index in [0.717, 1.165) is 45.0 Å². The van der Waals surface area contributed by atoms with Crippen molar-refractivity contribution in [3.8, 4) is 5.75 Å². The lowest BCUT2D eigenvalue weighted by atomic mass is 10.2. The van der Waals surface area contributed by atoms with Crippen molar-refractivity contribution in [1.82, 2.24) is 4.90 Å². The Labute approximate surface area is 139 Å². The number of aliphatic hydroxyl groups excluding tert-OH is 1. The van der Waals surface area contributed by atoms with Gasteiger partial charge in [-0.2, -0.15) is 0 Å². The van der Waals surface area contributed by atoms with Crippen molar-refractivity contribution >= 4 is 5.69 Å². The molecule has 0 saturated carbocycles. The van der Waals surface area contributed by atoms with Gasteiger partial charge in [0.2, 0.25) is 0 Å². The van der Waals surface area contributed by atoms with Crippen molar-refractivity contribution in [3.05, 3.63) is 24.3 Å². The Balaban J connectivity index is 1.80. The van der Waals surface area contributed by atoms with Crippen LogP contribution in [-0.2, 0) is 4.74 Å². The normalized spacial score (nSPS) is 17.3. The fourth-order valence-corrected chi connectivity index (χ4v) is 2.88. The molecule has 2 rings (SSSR count). The summed E-state index contributed by atoms with van der Waals surface area (Å²) < 4.78 is 11.1. The lowest BCUT2D eigenvalue weighted by Crippen LogP contribution is -2.49. The molecule has 1 aliphatic rings. The van der Waals surface area contributed by atoms with Gasteiger partial charge in [-0.25, -0.2) is 0 Å². The van der Waals surface area contributed by atoms with Crippen LogP contribution < -0.4 is 9.64 Å². The second-order valence-electron chi connectivity index (χ2n) is 5.92. The summed E-state index contributed by atoms with van der Waals surface area (Å²) in [5, 5.41) is 10.0. The van der Waals surface area contributed by atoms with Crippen LogP contribution in [0, 0.1) is 0 Å². The summed E-state index contributed by atoms with van der Waals surface area (Å²) in [5.74, 6) is 0.955. The third-order valence-corrected chi connectivity index (χ3v) is 4.01. The van der Waals surface area contributed by atoms with E-state index in [1.54, 1.807) is 0 Å². The van der Waals surface area contributed by atoms with E-state index in [0.29, 0.717) is 19.8 Å². The van der Waals surface area contributed by atoms with Gasteiger partial charge >= 0.3 is 0 Å². The number of piperazine rings is 1. The molecule has 0 spiro atoms. The van der Waals surface area contributed by atoms with Crippen molar-refractivity contribution in [1.29, 1.82) is 0 Å². The van der Waals surface area contributed by atoms with Gasteiger partial charge in [-0.15, -0.1) is 0 Å². The minimum Gasteiger partial charge on any atom is -0.492 e. The molecule has 1 aromatic rings. The Morgan fingerprint density at radius 1 is 1.13 bits per heavy atom. The number of β-amino-alcohol motifs (C(OH)–C–C–N with tert-alkyl or cyclic N) is 1. The molecule has 23 heavy (non-hydrogen) atoms. The van der Waals surface area contributed by atoms with Crippen LogP contribution in [0.2, 0.25) is 0 Å². The first-order valence-corrected chi connectivity index (χ1v) is 8.69. The van der Waals surface area contributed by atoms with Gasteiger partial charge in [0.15, 0.2) is 0 Å². The first-order chi connectivity index (χ1) is 11.2. The highest BCUT2D eigenvalue weighted by Gasteiger charge is 2.21. The topological polar surface area (TPSA) is 45.2 Å². The molecule has 1 aromatic carbocycles. The van der Waals surface area contributed by atoms with E-state index >= 15 is 0 Å². The van der Waals surface area contributed by atoms with E-state index in [2.05, 4.69) is 28.9 Å². The van der Waals surface area contributed by atoms with E-state index in [4.69, 9.17) is 9.47 Å². The SMILES string of the molecule is CCCOCC(O)CN1CCN(c2ccccc2OCC)CC1. The average Bonchev–Trinajstić information content (AvgIpc) is 2.57. The summed E-state index contributed by atoms with van der Waals surface area (Å²) in [6.45, 7) is 10.4. The van der Waals surface area contributed by atoms with Crippen molar-refractivity contribution < 1.29 is 14.6 Å². The third-order valence-electron chi connectivity index (χ3n) is 4.01. The molecule has 1 atom stereocenters. The van der Waals surface area contributed by atoms with Gasteiger partial charge in [0.1, 0.15) is 5.75 Å². The number of para-hydroxylation sites is 2. The second kappa shape index (κ2) is 9.75. The van der Waals surface area contributed by atoms with Gasteiger partial charge in [-0.05, 0) is 25.5 Å². The molecule has 1 heterocycles. The van der Waals surface area contributed by atoms with Crippen LogP contribution in [0.3, 0.4) is 0 Å². The molecule has 5 nitrogen and oxygen atoms in total. The van der Waals surface area contributed by atoms with Crippen molar-refractivity contribution in [2.24, 2.45) is 0 Å². The molecule has 5 heteroatoms. The Kier molecular flexibility index (Phi) is 7.65. The third kappa shape index (κ3) is 5.68. The molecule has 0 aromatic heterocycles. The Morgan fingerprint density at radius 3 is 2.57 bits per heavy atom. The quantitative estimate of drug-likeness (QED) is 0.705. The standard InChI is InChI=1S/C18H30N2O3/c1-3-13-22-15-16(21)14-19-9-11-20(12-10-19)17-7-5-6-8-18(17)23-4-2/h5-8,16,21H,3-4,9-15H2,1-2H3. The number of aliphatic hydroxyl groups is 1. The highest BCUT2D eigenvalue weighted by Crippen LogP contribution is 2.28. The lowest BCUT2D eigenvalue weighted by molar-refractivity contribution is 0.0160. The summed E-state index contributed by atoms with van der Waals surface area (Å²) in [6.07, 6.45) is 0.591. The Morgan fingerprint density at radius 2 is 1.87 bits per heavy atom. The van der Waals surface area contributed by atoms with Crippen LogP contribution in [-0.4, -0.2) is 68.7 Å². The van der Waals surface area contributed by atoms with Crippen LogP contribution in [0.25, 0.3) is 0 Å². The minimum absolute atomic E-state index is 0.399. The number of anilines is 1. The van der Waals surface area contributed by atoms with E-state index in [9.17, 15) is 5.11 Å². The summed E-state index contributed by atoms with van der Waals surface area (Å²) in [5.41, 5.74) is 1.17. The maximum Gasteiger partial charge on any atom is 0.142 e. The molecule has 0 radical (unpaired) electrons. The molecule has 1 unspecified atom stereocenters. The van der Waals surface area contributed by atoms with Crippen LogP contribution in [0.5, 0.6) is 5.75 Å². The summed E-state index contributed by atoms with van der Waals surface area (Å²) in [6, 6.07) is 8.21. The highest BCUT2D eigenvalue weighted by molar-refractivity contribution is 5.58. The number of hydrogen-bond acceptors (Lipinski definition) is 5. The van der Waals surface area contributed by atoms with E-state index in [-0.39, 0.29) is 0 Å². The second-order valence-corrected chi connectivity index (χ2v) is 5.92. The molecule has 1 N–H and O–H groups in total. The largest absolute Gasteiger partial charge is 0.492 e. The van der Waals surface area contributed by atoms with Gasteiger partial charge in [0.25, 0.3) is 0 Å².